The highest BCUT2D eigenvalue weighted by atomic mass is 35.5. The van der Waals surface area contributed by atoms with Gasteiger partial charge in [-0.2, -0.15) is 0 Å². The average molecular weight is 396 g/mol. The lowest BCUT2D eigenvalue weighted by atomic mass is 9.86. The molecule has 0 spiro atoms. The maximum absolute atomic E-state index is 6.47. The average Bonchev–Trinajstić information content (AvgIpc) is 2.79. The molecule has 1 aliphatic carbocycles. The predicted molar refractivity (Wildman–Crippen MR) is 125 cm³/mol. The van der Waals surface area contributed by atoms with Gasteiger partial charge in [0.1, 0.15) is 0 Å². The van der Waals surface area contributed by atoms with Gasteiger partial charge in [-0.1, -0.05) is 72.8 Å². The van der Waals surface area contributed by atoms with E-state index in [4.69, 9.17) is 11.6 Å². The molecule has 0 bridgehead atoms. The number of nitrogens with zero attached hydrogens (tertiary/aromatic N) is 1. The van der Waals surface area contributed by atoms with Gasteiger partial charge >= 0.3 is 0 Å². The van der Waals surface area contributed by atoms with Crippen molar-refractivity contribution < 1.29 is 0 Å². The number of benzene rings is 4. The Kier molecular flexibility index (Phi) is 4.91. The molecule has 1 heterocycles. The summed E-state index contributed by atoms with van der Waals surface area (Å²) in [4.78, 5) is 4.01. The number of hydrogen-bond donors (Lipinski definition) is 0. The zero-order valence-electron chi connectivity index (χ0n) is 16.2. The van der Waals surface area contributed by atoms with Crippen LogP contribution in [-0.2, 0) is 6.42 Å². The normalized spacial score (nSPS) is 15.7. The second-order valence-electron chi connectivity index (χ2n) is 7.60. The number of pyridine rings is 1. The lowest BCUT2D eigenvalue weighted by Gasteiger charge is -2.22. The van der Waals surface area contributed by atoms with Crippen LogP contribution >= 0.6 is 11.6 Å². The molecule has 5 aromatic rings. The summed E-state index contributed by atoms with van der Waals surface area (Å²) < 4.78 is 0. The Labute approximate surface area is 176 Å². The van der Waals surface area contributed by atoms with E-state index in [9.17, 15) is 0 Å². The van der Waals surface area contributed by atoms with E-state index in [1.54, 1.807) is 0 Å². The van der Waals surface area contributed by atoms with Crippen LogP contribution in [-0.4, -0.2) is 4.98 Å². The summed E-state index contributed by atoms with van der Waals surface area (Å²) in [6.07, 6.45) is 7.15. The third-order valence-electron chi connectivity index (χ3n) is 5.85. The third-order valence-corrected chi connectivity index (χ3v) is 6.30. The Morgan fingerprint density at radius 1 is 0.690 bits per heavy atom. The fourth-order valence-electron chi connectivity index (χ4n) is 4.38. The summed E-state index contributed by atoms with van der Waals surface area (Å²) in [5, 5.41) is 8.05. The number of alkyl halides is 1. The lowest BCUT2D eigenvalue weighted by molar-refractivity contribution is 0.672. The summed E-state index contributed by atoms with van der Waals surface area (Å²) in [6, 6.07) is 27.8. The first-order chi connectivity index (χ1) is 14.3. The molecule has 0 saturated heterocycles. The zero-order valence-corrected chi connectivity index (χ0v) is 16.9. The van der Waals surface area contributed by atoms with Crippen LogP contribution in [0.15, 0.2) is 91.3 Å². The number of hydrogen-bond acceptors (Lipinski definition) is 1. The van der Waals surface area contributed by atoms with Crippen LogP contribution in [0.5, 0.6) is 0 Å². The van der Waals surface area contributed by atoms with Crippen LogP contribution < -0.4 is 0 Å². The second-order valence-corrected chi connectivity index (χ2v) is 8.12. The van der Waals surface area contributed by atoms with Gasteiger partial charge in [-0.15, -0.1) is 11.6 Å². The van der Waals surface area contributed by atoms with Gasteiger partial charge in [-0.05, 0) is 68.8 Å². The zero-order chi connectivity index (χ0) is 19.6. The van der Waals surface area contributed by atoms with Gasteiger partial charge in [0.2, 0.25) is 0 Å². The highest BCUT2D eigenvalue weighted by Gasteiger charge is 2.20. The molecule has 0 fully saturated rings. The van der Waals surface area contributed by atoms with Gasteiger partial charge in [-0.3, -0.25) is 4.98 Å². The van der Waals surface area contributed by atoms with Crippen molar-refractivity contribution in [1.82, 2.24) is 4.98 Å². The Morgan fingerprint density at radius 2 is 1.45 bits per heavy atom. The molecule has 6 rings (SSSR count). The summed E-state index contributed by atoms with van der Waals surface area (Å²) in [5.74, 6) is 0. The molecule has 0 radical (unpaired) electrons. The molecule has 1 aliphatic rings. The molecular weight excluding hydrogens is 374 g/mol. The van der Waals surface area contributed by atoms with Crippen molar-refractivity contribution in [3.63, 3.8) is 0 Å². The minimum atomic E-state index is 0.194. The summed E-state index contributed by atoms with van der Waals surface area (Å²) in [6.45, 7) is 0. The minimum Gasteiger partial charge on any atom is -0.264 e. The van der Waals surface area contributed by atoms with Crippen molar-refractivity contribution in [2.45, 2.75) is 24.6 Å². The van der Waals surface area contributed by atoms with Crippen LogP contribution in [0.1, 0.15) is 29.3 Å². The van der Waals surface area contributed by atoms with Crippen LogP contribution in [0.25, 0.3) is 32.3 Å². The number of aromatic nitrogens is 1. The smallest absolute Gasteiger partial charge is 0.0588 e. The van der Waals surface area contributed by atoms with Crippen molar-refractivity contribution in [2.75, 3.05) is 0 Å². The van der Waals surface area contributed by atoms with Gasteiger partial charge in [0.15, 0.2) is 0 Å². The van der Waals surface area contributed by atoms with Crippen LogP contribution in [0.3, 0.4) is 0 Å². The summed E-state index contributed by atoms with van der Waals surface area (Å²) in [7, 11) is 0. The Bertz CT molecular complexity index is 1240. The van der Waals surface area contributed by atoms with Crippen LogP contribution in [0.4, 0.5) is 0 Å². The molecule has 2 heteroatoms. The van der Waals surface area contributed by atoms with E-state index in [1.165, 1.54) is 49.9 Å². The summed E-state index contributed by atoms with van der Waals surface area (Å²) >= 11 is 6.47. The largest absolute Gasteiger partial charge is 0.264 e. The van der Waals surface area contributed by atoms with Crippen molar-refractivity contribution in [3.05, 3.63) is 102 Å². The Balaban J connectivity index is 0.000000153. The first-order valence-electron chi connectivity index (χ1n) is 10.2. The van der Waals surface area contributed by atoms with E-state index in [-0.39, 0.29) is 5.38 Å². The maximum atomic E-state index is 6.47. The molecule has 0 aliphatic heterocycles. The first-order valence-corrected chi connectivity index (χ1v) is 10.6. The Morgan fingerprint density at radius 3 is 2.31 bits per heavy atom. The maximum Gasteiger partial charge on any atom is 0.0588 e. The van der Waals surface area contributed by atoms with E-state index in [0.29, 0.717) is 0 Å². The highest BCUT2D eigenvalue weighted by Crippen LogP contribution is 2.39. The monoisotopic (exact) mass is 395 g/mol. The molecule has 0 N–H and O–H groups in total. The van der Waals surface area contributed by atoms with E-state index < -0.39 is 0 Å². The molecule has 1 nitrogen and oxygen atoms in total. The number of rotatable bonds is 0. The van der Waals surface area contributed by atoms with E-state index >= 15 is 0 Å². The van der Waals surface area contributed by atoms with Gasteiger partial charge in [-0.25, -0.2) is 0 Å². The standard InChI is InChI=1S/C18H15Cl.C9H7N/c19-18-7-3-6-14-16-9-8-12-4-1-2-5-13(12)15(16)10-11-17(14)18;1-2-4-9-7-10-6-5-8(9)3-1/h1-2,4-5,8-11,18H,3,6-7H2;1-7H. The molecule has 1 unspecified atom stereocenters. The molecular formula is C27H22ClN. The predicted octanol–water partition coefficient (Wildman–Crippen LogP) is 7.84. The SMILES string of the molecule is ClC1CCCc2c1ccc1c2ccc2ccccc21.c1ccc2cnccc2c1. The number of halogens is 1. The van der Waals surface area contributed by atoms with Gasteiger partial charge < -0.3 is 0 Å². The van der Waals surface area contributed by atoms with Crippen LogP contribution in [0, 0.1) is 0 Å². The van der Waals surface area contributed by atoms with Crippen molar-refractivity contribution >= 4 is 43.9 Å². The molecule has 0 saturated carbocycles. The molecule has 0 amide bonds. The Hall–Kier alpha value is -2.90. The topological polar surface area (TPSA) is 12.9 Å². The quantitative estimate of drug-likeness (QED) is 0.192. The molecule has 29 heavy (non-hydrogen) atoms. The van der Waals surface area contributed by atoms with E-state index in [2.05, 4.69) is 65.6 Å². The van der Waals surface area contributed by atoms with Crippen molar-refractivity contribution in [1.29, 1.82) is 0 Å². The molecule has 4 aromatic carbocycles. The molecule has 1 atom stereocenters. The fraction of sp³-hybridized carbons (Fsp3) is 0.148. The van der Waals surface area contributed by atoms with E-state index in [1.807, 2.05) is 30.6 Å². The minimum absolute atomic E-state index is 0.194. The molecule has 142 valence electrons. The lowest BCUT2D eigenvalue weighted by Crippen LogP contribution is -2.05. The summed E-state index contributed by atoms with van der Waals surface area (Å²) in [5.41, 5.74) is 2.81. The van der Waals surface area contributed by atoms with Crippen molar-refractivity contribution in [2.24, 2.45) is 0 Å². The van der Waals surface area contributed by atoms with Crippen LogP contribution in [0.2, 0.25) is 0 Å². The third kappa shape index (κ3) is 3.47. The van der Waals surface area contributed by atoms with Gasteiger partial charge in [0.25, 0.3) is 0 Å². The van der Waals surface area contributed by atoms with Crippen molar-refractivity contribution in [3.8, 4) is 0 Å². The second kappa shape index (κ2) is 7.85. The molecule has 1 aromatic heterocycles. The van der Waals surface area contributed by atoms with Gasteiger partial charge in [0.05, 0.1) is 5.38 Å². The number of fused-ring (bicyclic) bond motifs is 6. The van der Waals surface area contributed by atoms with E-state index in [0.717, 1.165) is 12.8 Å². The fourth-order valence-corrected chi connectivity index (χ4v) is 4.74. The first kappa shape index (κ1) is 18.1. The highest BCUT2D eigenvalue weighted by molar-refractivity contribution is 6.21. The van der Waals surface area contributed by atoms with Gasteiger partial charge in [0, 0.05) is 12.4 Å². The number of aryl methyl sites for hydroxylation is 1.